The van der Waals surface area contributed by atoms with Gasteiger partial charge >= 0.3 is 0 Å². The van der Waals surface area contributed by atoms with E-state index >= 15 is 0 Å². The molecule has 0 saturated heterocycles. The summed E-state index contributed by atoms with van der Waals surface area (Å²) in [6, 6.07) is 15.4. The van der Waals surface area contributed by atoms with Crippen LogP contribution in [-0.2, 0) is 4.79 Å². The average molecular weight is 394 g/mol. The number of hydrogen-bond acceptors (Lipinski definition) is 3. The van der Waals surface area contributed by atoms with E-state index in [1.165, 1.54) is 0 Å². The van der Waals surface area contributed by atoms with Gasteiger partial charge in [0.05, 0.1) is 6.21 Å². The van der Waals surface area contributed by atoms with E-state index in [4.69, 9.17) is 4.74 Å². The van der Waals surface area contributed by atoms with Crippen LogP contribution in [-0.4, -0.2) is 18.7 Å². The lowest BCUT2D eigenvalue weighted by molar-refractivity contribution is -0.123. The Morgan fingerprint density at radius 1 is 1.29 bits per heavy atom. The summed E-state index contributed by atoms with van der Waals surface area (Å²) in [5.41, 5.74) is 4.46. The predicted molar refractivity (Wildman–Crippen MR) is 91.6 cm³/mol. The van der Waals surface area contributed by atoms with Crippen molar-refractivity contribution in [2.75, 3.05) is 6.61 Å². The second-order valence-electron chi connectivity index (χ2n) is 4.45. The molecule has 2 aromatic rings. The minimum absolute atomic E-state index is 0.0624. The Balaban J connectivity index is 1.80. The van der Waals surface area contributed by atoms with Crippen LogP contribution in [0.25, 0.3) is 0 Å². The van der Waals surface area contributed by atoms with Crippen LogP contribution in [0.3, 0.4) is 0 Å². The van der Waals surface area contributed by atoms with Crippen molar-refractivity contribution in [3.8, 4) is 5.75 Å². The van der Waals surface area contributed by atoms with Crippen molar-refractivity contribution in [3.63, 3.8) is 0 Å². The molecular weight excluding hydrogens is 379 g/mol. The maximum Gasteiger partial charge on any atom is 0.277 e. The number of hydrazone groups is 1. The van der Waals surface area contributed by atoms with Crippen LogP contribution in [0.15, 0.2) is 53.6 Å². The lowest BCUT2D eigenvalue weighted by atomic mass is 10.2. The monoisotopic (exact) mass is 394 g/mol. The smallest absolute Gasteiger partial charge is 0.277 e. The quantitative estimate of drug-likeness (QED) is 0.481. The number of carbonyl (C=O) groups excluding carboxylic acids is 1. The molecule has 0 aliphatic carbocycles. The summed E-state index contributed by atoms with van der Waals surface area (Å²) >= 11 is 2.22. The topological polar surface area (TPSA) is 50.7 Å². The standard InChI is InChI=1S/C16H15IN2O2/c1-12-4-2-7-15(8-12)21-11-16(20)19-18-10-13-5-3-6-14(17)9-13/h2-10H,11H2,1H3,(H,19,20)/b18-10+. The molecule has 1 N–H and O–H groups in total. The minimum Gasteiger partial charge on any atom is -0.484 e. The molecule has 0 atom stereocenters. The van der Waals surface area contributed by atoms with Gasteiger partial charge in [-0.15, -0.1) is 0 Å². The minimum atomic E-state index is -0.293. The van der Waals surface area contributed by atoms with Gasteiger partial charge < -0.3 is 4.74 Å². The van der Waals surface area contributed by atoms with Crippen molar-refractivity contribution in [1.29, 1.82) is 0 Å². The molecule has 0 aliphatic heterocycles. The summed E-state index contributed by atoms with van der Waals surface area (Å²) in [4.78, 5) is 11.6. The summed E-state index contributed by atoms with van der Waals surface area (Å²) in [6.45, 7) is 1.91. The number of carbonyl (C=O) groups is 1. The Morgan fingerprint density at radius 3 is 2.86 bits per heavy atom. The third-order valence-electron chi connectivity index (χ3n) is 2.61. The zero-order chi connectivity index (χ0) is 15.1. The van der Waals surface area contributed by atoms with Crippen molar-refractivity contribution >= 4 is 34.7 Å². The fraction of sp³-hybridized carbons (Fsp3) is 0.125. The van der Waals surface area contributed by atoms with Gasteiger partial charge in [0.1, 0.15) is 5.75 Å². The first-order valence-electron chi connectivity index (χ1n) is 6.40. The van der Waals surface area contributed by atoms with Crippen LogP contribution >= 0.6 is 22.6 Å². The second kappa shape index (κ2) is 7.78. The summed E-state index contributed by atoms with van der Waals surface area (Å²) in [7, 11) is 0. The van der Waals surface area contributed by atoms with E-state index in [1.807, 2.05) is 55.5 Å². The highest BCUT2D eigenvalue weighted by atomic mass is 127. The van der Waals surface area contributed by atoms with Crippen LogP contribution in [0, 0.1) is 10.5 Å². The largest absolute Gasteiger partial charge is 0.484 e. The predicted octanol–water partition coefficient (Wildman–Crippen LogP) is 3.13. The van der Waals surface area contributed by atoms with Gasteiger partial charge in [-0.1, -0.05) is 24.3 Å². The van der Waals surface area contributed by atoms with Crippen LogP contribution in [0.1, 0.15) is 11.1 Å². The van der Waals surface area contributed by atoms with E-state index in [-0.39, 0.29) is 12.5 Å². The van der Waals surface area contributed by atoms with Gasteiger partial charge in [0, 0.05) is 3.57 Å². The Hall–Kier alpha value is -1.89. The Morgan fingerprint density at radius 2 is 2.10 bits per heavy atom. The van der Waals surface area contributed by atoms with Crippen molar-refractivity contribution in [3.05, 3.63) is 63.2 Å². The van der Waals surface area contributed by atoms with Gasteiger partial charge in [-0.2, -0.15) is 5.10 Å². The van der Waals surface area contributed by atoms with E-state index in [0.717, 1.165) is 14.7 Å². The molecule has 2 rings (SSSR count). The Kier molecular flexibility index (Phi) is 5.74. The number of benzene rings is 2. The summed E-state index contributed by atoms with van der Waals surface area (Å²) in [5, 5.41) is 3.90. The van der Waals surface area contributed by atoms with Gasteiger partial charge in [0.25, 0.3) is 5.91 Å². The van der Waals surface area contributed by atoms with Crippen LogP contribution in [0.5, 0.6) is 5.75 Å². The normalized spacial score (nSPS) is 10.6. The third-order valence-corrected chi connectivity index (χ3v) is 3.28. The first-order chi connectivity index (χ1) is 10.1. The van der Waals surface area contributed by atoms with Gasteiger partial charge in [0.15, 0.2) is 6.61 Å². The highest BCUT2D eigenvalue weighted by molar-refractivity contribution is 14.1. The fourth-order valence-corrected chi connectivity index (χ4v) is 2.22. The van der Waals surface area contributed by atoms with E-state index in [0.29, 0.717) is 5.75 Å². The van der Waals surface area contributed by atoms with Crippen LogP contribution in [0.2, 0.25) is 0 Å². The van der Waals surface area contributed by atoms with E-state index < -0.39 is 0 Å². The summed E-state index contributed by atoms with van der Waals surface area (Å²) in [6.07, 6.45) is 1.60. The number of rotatable bonds is 5. The number of hydrogen-bond donors (Lipinski definition) is 1. The van der Waals surface area contributed by atoms with Crippen molar-refractivity contribution in [2.45, 2.75) is 6.92 Å². The maximum absolute atomic E-state index is 11.6. The average Bonchev–Trinajstić information content (AvgIpc) is 2.45. The van der Waals surface area contributed by atoms with E-state index in [2.05, 4.69) is 33.1 Å². The zero-order valence-electron chi connectivity index (χ0n) is 11.5. The molecule has 5 heteroatoms. The highest BCUT2D eigenvalue weighted by Gasteiger charge is 2.01. The molecule has 21 heavy (non-hydrogen) atoms. The SMILES string of the molecule is Cc1cccc(OCC(=O)N/N=C/c2cccc(I)c2)c1. The summed E-state index contributed by atoms with van der Waals surface area (Å²) < 4.78 is 6.50. The van der Waals surface area contributed by atoms with E-state index in [1.54, 1.807) is 6.21 Å². The first kappa shape index (κ1) is 15.5. The van der Waals surface area contributed by atoms with Gasteiger partial charge in [-0.05, 0) is 64.9 Å². The molecule has 0 radical (unpaired) electrons. The number of nitrogens with zero attached hydrogens (tertiary/aromatic N) is 1. The number of nitrogens with one attached hydrogen (secondary N) is 1. The molecule has 0 heterocycles. The summed E-state index contributed by atoms with van der Waals surface area (Å²) in [5.74, 6) is 0.380. The van der Waals surface area contributed by atoms with E-state index in [9.17, 15) is 4.79 Å². The molecule has 0 unspecified atom stereocenters. The molecule has 0 aliphatic rings. The fourth-order valence-electron chi connectivity index (χ4n) is 1.65. The molecule has 108 valence electrons. The number of halogens is 1. The molecule has 1 amide bonds. The molecule has 0 saturated carbocycles. The van der Waals surface area contributed by atoms with Crippen LogP contribution < -0.4 is 10.2 Å². The molecule has 0 aromatic heterocycles. The van der Waals surface area contributed by atoms with Crippen molar-refractivity contribution in [1.82, 2.24) is 5.43 Å². The first-order valence-corrected chi connectivity index (χ1v) is 7.48. The second-order valence-corrected chi connectivity index (χ2v) is 5.70. The van der Waals surface area contributed by atoms with Gasteiger partial charge in [-0.3, -0.25) is 4.79 Å². The Labute approximate surface area is 137 Å². The molecule has 0 bridgehead atoms. The number of ether oxygens (including phenoxy) is 1. The number of amides is 1. The van der Waals surface area contributed by atoms with Gasteiger partial charge in [-0.25, -0.2) is 5.43 Å². The zero-order valence-corrected chi connectivity index (χ0v) is 13.7. The van der Waals surface area contributed by atoms with Crippen molar-refractivity contribution < 1.29 is 9.53 Å². The molecule has 4 nitrogen and oxygen atoms in total. The van der Waals surface area contributed by atoms with Crippen molar-refractivity contribution in [2.24, 2.45) is 5.10 Å². The lowest BCUT2D eigenvalue weighted by Crippen LogP contribution is -2.24. The Bertz CT molecular complexity index is 656. The lowest BCUT2D eigenvalue weighted by Gasteiger charge is -2.05. The third kappa shape index (κ3) is 5.55. The molecular formula is C16H15IN2O2. The molecule has 2 aromatic carbocycles. The number of aryl methyl sites for hydroxylation is 1. The van der Waals surface area contributed by atoms with Crippen LogP contribution in [0.4, 0.5) is 0 Å². The molecule has 0 fully saturated rings. The highest BCUT2D eigenvalue weighted by Crippen LogP contribution is 2.11. The molecule has 0 spiro atoms. The maximum atomic E-state index is 11.6. The van der Waals surface area contributed by atoms with Gasteiger partial charge in [0.2, 0.25) is 0 Å².